The van der Waals surface area contributed by atoms with Gasteiger partial charge in [-0.1, -0.05) is 0 Å². The second-order valence-electron chi connectivity index (χ2n) is 10.5. The molecule has 3 heterocycles. The quantitative estimate of drug-likeness (QED) is 0.432. The van der Waals surface area contributed by atoms with Gasteiger partial charge in [0, 0.05) is 50.0 Å². The van der Waals surface area contributed by atoms with Crippen molar-refractivity contribution in [3.63, 3.8) is 0 Å². The molecule has 2 aliphatic heterocycles. The Labute approximate surface area is 227 Å². The number of nitrogens with one attached hydrogen (secondary N) is 1. The van der Waals surface area contributed by atoms with E-state index in [2.05, 4.69) is 20.1 Å². The number of benzene rings is 1. The zero-order chi connectivity index (χ0) is 27.4. The van der Waals surface area contributed by atoms with E-state index in [0.717, 1.165) is 51.1 Å². The molecule has 5 N–H and O–H groups in total. The van der Waals surface area contributed by atoms with Crippen molar-refractivity contribution in [3.8, 4) is 5.75 Å². The van der Waals surface area contributed by atoms with Crippen molar-refractivity contribution in [1.82, 2.24) is 15.2 Å². The number of amides is 3. The lowest BCUT2D eigenvalue weighted by atomic mass is 9.92. The molecule has 3 aliphatic rings. The van der Waals surface area contributed by atoms with E-state index in [1.165, 1.54) is 6.20 Å². The molecule has 2 aromatic rings. The van der Waals surface area contributed by atoms with Crippen LogP contribution in [-0.4, -0.2) is 85.7 Å². The summed E-state index contributed by atoms with van der Waals surface area (Å²) in [6.45, 7) is 5.02. The third kappa shape index (κ3) is 6.31. The largest absolute Gasteiger partial charge is 0.491 e. The average molecular weight is 537 g/mol. The van der Waals surface area contributed by atoms with Crippen molar-refractivity contribution in [3.05, 3.63) is 53.2 Å². The fraction of sp³-hybridized carbons (Fsp3) is 0.500. The van der Waals surface area contributed by atoms with Crippen molar-refractivity contribution in [2.24, 2.45) is 17.4 Å². The first-order chi connectivity index (χ1) is 18.9. The van der Waals surface area contributed by atoms with Crippen LogP contribution in [0.4, 0.5) is 5.82 Å². The van der Waals surface area contributed by atoms with Crippen LogP contribution in [-0.2, 0) is 4.74 Å². The zero-order valence-corrected chi connectivity index (χ0v) is 22.0. The highest BCUT2D eigenvalue weighted by Crippen LogP contribution is 2.39. The maximum absolute atomic E-state index is 13.2. The van der Waals surface area contributed by atoms with Gasteiger partial charge in [0.15, 0.2) is 0 Å². The molecule has 5 rings (SSSR count). The lowest BCUT2D eigenvalue weighted by molar-refractivity contribution is 0.0322. The number of carbonyl (C=O) groups excluding carboxylic acids is 3. The molecule has 0 radical (unpaired) electrons. The van der Waals surface area contributed by atoms with Crippen LogP contribution in [0, 0.1) is 5.92 Å². The molecule has 1 aromatic carbocycles. The Balaban J connectivity index is 1.22. The third-order valence-electron chi connectivity index (χ3n) is 7.97. The number of hydrogen-bond donors (Lipinski definition) is 3. The van der Waals surface area contributed by atoms with Crippen LogP contribution in [0.15, 0.2) is 36.5 Å². The van der Waals surface area contributed by atoms with Gasteiger partial charge in [0.2, 0.25) is 5.91 Å². The first-order valence-corrected chi connectivity index (χ1v) is 13.6. The minimum atomic E-state index is -0.597. The van der Waals surface area contributed by atoms with E-state index in [-0.39, 0.29) is 23.6 Å². The molecule has 39 heavy (non-hydrogen) atoms. The number of fused-ring (bicyclic) bond motifs is 1. The number of rotatable bonds is 9. The highest BCUT2D eigenvalue weighted by Gasteiger charge is 2.41. The van der Waals surface area contributed by atoms with Gasteiger partial charge in [0.25, 0.3) is 11.8 Å². The number of primary amides is 2. The van der Waals surface area contributed by atoms with E-state index >= 15 is 0 Å². The predicted molar refractivity (Wildman–Crippen MR) is 145 cm³/mol. The van der Waals surface area contributed by atoms with Gasteiger partial charge in [-0.15, -0.1) is 0 Å². The van der Waals surface area contributed by atoms with Crippen molar-refractivity contribution in [1.29, 1.82) is 0 Å². The average Bonchev–Trinajstić information content (AvgIpc) is 3.36. The number of nitrogens with zero attached hydrogens (tertiary/aromatic N) is 3. The van der Waals surface area contributed by atoms with Crippen molar-refractivity contribution >= 4 is 23.5 Å². The minimum Gasteiger partial charge on any atom is -0.491 e. The first kappa shape index (κ1) is 26.9. The molecule has 0 spiro atoms. The van der Waals surface area contributed by atoms with E-state index < -0.39 is 11.8 Å². The van der Waals surface area contributed by atoms with Crippen LogP contribution in [0.2, 0.25) is 0 Å². The van der Waals surface area contributed by atoms with E-state index in [4.69, 9.17) is 20.9 Å². The molecule has 1 aliphatic carbocycles. The molecule has 3 amide bonds. The molecule has 3 atom stereocenters. The van der Waals surface area contributed by atoms with E-state index in [0.29, 0.717) is 49.2 Å². The molecule has 0 bridgehead atoms. The summed E-state index contributed by atoms with van der Waals surface area (Å²) in [6.07, 6.45) is 5.35. The number of ether oxygens (including phenoxy) is 2. The number of morpholine rings is 1. The molecule has 2 saturated heterocycles. The molecular formula is C28H36N6O5. The molecule has 11 heteroatoms. The minimum absolute atomic E-state index is 0.0134. The van der Waals surface area contributed by atoms with Crippen molar-refractivity contribution in [2.45, 2.75) is 37.8 Å². The number of piperidine rings is 1. The van der Waals surface area contributed by atoms with Crippen LogP contribution in [0.25, 0.3) is 0 Å². The summed E-state index contributed by atoms with van der Waals surface area (Å²) in [5.74, 6) is 0.286. The first-order valence-electron chi connectivity index (χ1n) is 13.6. The van der Waals surface area contributed by atoms with Crippen LogP contribution in [0.5, 0.6) is 5.75 Å². The summed E-state index contributed by atoms with van der Waals surface area (Å²) in [4.78, 5) is 45.6. The Morgan fingerprint density at radius 1 is 1.03 bits per heavy atom. The Hall–Kier alpha value is -3.70. The van der Waals surface area contributed by atoms with Gasteiger partial charge in [0.05, 0.1) is 24.3 Å². The molecule has 3 unspecified atom stereocenters. The molecule has 11 nitrogen and oxygen atoms in total. The summed E-state index contributed by atoms with van der Waals surface area (Å²) in [6, 6.07) is 8.59. The van der Waals surface area contributed by atoms with Crippen LogP contribution >= 0.6 is 0 Å². The number of aromatic nitrogens is 1. The van der Waals surface area contributed by atoms with Crippen LogP contribution < -0.4 is 26.4 Å². The van der Waals surface area contributed by atoms with Crippen molar-refractivity contribution in [2.75, 3.05) is 50.9 Å². The molecule has 1 aromatic heterocycles. The predicted octanol–water partition coefficient (Wildman–Crippen LogP) is 1.17. The highest BCUT2D eigenvalue weighted by molar-refractivity contribution is 5.99. The van der Waals surface area contributed by atoms with Crippen LogP contribution in [0.1, 0.15) is 56.8 Å². The van der Waals surface area contributed by atoms with Gasteiger partial charge in [-0.25, -0.2) is 4.98 Å². The smallest absolute Gasteiger partial charge is 0.252 e. The maximum Gasteiger partial charge on any atom is 0.252 e. The Bertz CT molecular complexity index is 1200. The van der Waals surface area contributed by atoms with E-state index in [1.807, 2.05) is 6.07 Å². The summed E-state index contributed by atoms with van der Waals surface area (Å²) >= 11 is 0. The normalized spacial score (nSPS) is 23.2. The van der Waals surface area contributed by atoms with E-state index in [9.17, 15) is 14.4 Å². The Kier molecular flexibility index (Phi) is 8.27. The Morgan fingerprint density at radius 2 is 1.82 bits per heavy atom. The number of anilines is 1. The monoisotopic (exact) mass is 536 g/mol. The number of pyridine rings is 1. The van der Waals surface area contributed by atoms with Gasteiger partial charge in [-0.05, 0) is 61.9 Å². The maximum atomic E-state index is 13.2. The Morgan fingerprint density at radius 3 is 2.54 bits per heavy atom. The molecule has 208 valence electrons. The summed E-state index contributed by atoms with van der Waals surface area (Å²) in [5.41, 5.74) is 12.0. The summed E-state index contributed by atoms with van der Waals surface area (Å²) in [7, 11) is 0. The van der Waals surface area contributed by atoms with E-state index in [1.54, 1.807) is 24.3 Å². The lowest BCUT2D eigenvalue weighted by Gasteiger charge is -2.38. The zero-order valence-electron chi connectivity index (χ0n) is 22.0. The standard InChI is InChI=1S/C28H36N6O5/c29-26(35)20-4-6-25(31-17-20)34-7-1-2-18-14-21(16-23(18)34)32-28(37)19-3-5-22(27(30)36)24(15-19)39-13-10-33-8-11-38-12-9-33/h3-6,15,17-18,21,23H,1-2,7-14,16H2,(H2,29,35)(H2,30,36)(H,32,37). The second kappa shape index (κ2) is 12.0. The van der Waals surface area contributed by atoms with Gasteiger partial charge in [-0.3, -0.25) is 19.3 Å². The fourth-order valence-corrected chi connectivity index (χ4v) is 5.95. The molecule has 3 fully saturated rings. The van der Waals surface area contributed by atoms with Gasteiger partial charge < -0.3 is 31.2 Å². The van der Waals surface area contributed by atoms with Gasteiger partial charge in [0.1, 0.15) is 18.2 Å². The topological polar surface area (TPSA) is 153 Å². The van der Waals surface area contributed by atoms with Gasteiger partial charge >= 0.3 is 0 Å². The number of hydrogen-bond acceptors (Lipinski definition) is 8. The fourth-order valence-electron chi connectivity index (χ4n) is 5.95. The third-order valence-corrected chi connectivity index (χ3v) is 7.97. The lowest BCUT2D eigenvalue weighted by Crippen LogP contribution is -2.43. The van der Waals surface area contributed by atoms with Gasteiger partial charge in [-0.2, -0.15) is 0 Å². The summed E-state index contributed by atoms with van der Waals surface area (Å²) < 4.78 is 11.3. The molecule has 1 saturated carbocycles. The highest BCUT2D eigenvalue weighted by atomic mass is 16.5. The molecular weight excluding hydrogens is 500 g/mol. The number of nitrogens with two attached hydrogens (primary N) is 2. The number of carbonyl (C=O) groups is 3. The van der Waals surface area contributed by atoms with Crippen molar-refractivity contribution < 1.29 is 23.9 Å². The SMILES string of the molecule is NC(=O)c1ccc(N2CCCC3CC(NC(=O)c4ccc(C(N)=O)c(OCCN5CCOCC5)c4)CC32)nc1. The van der Waals surface area contributed by atoms with Crippen LogP contribution in [0.3, 0.4) is 0 Å². The summed E-state index contributed by atoms with van der Waals surface area (Å²) in [5, 5.41) is 3.19. The second-order valence-corrected chi connectivity index (χ2v) is 10.5.